The summed E-state index contributed by atoms with van der Waals surface area (Å²) in [4.78, 5) is 24.6. The van der Waals surface area contributed by atoms with E-state index in [2.05, 4.69) is 6.58 Å². The van der Waals surface area contributed by atoms with Crippen LogP contribution < -0.4 is 0 Å². The van der Waals surface area contributed by atoms with Crippen molar-refractivity contribution in [1.82, 2.24) is 0 Å². The lowest BCUT2D eigenvalue weighted by Gasteiger charge is -2.30. The van der Waals surface area contributed by atoms with Crippen molar-refractivity contribution in [1.29, 1.82) is 0 Å². The smallest absolute Gasteiger partial charge is 0.334 e. The summed E-state index contributed by atoms with van der Waals surface area (Å²) >= 11 is 0. The maximum absolute atomic E-state index is 12.4. The third-order valence-corrected chi connectivity index (χ3v) is 6.41. The average molecular weight is 360 g/mol. The third-order valence-electron chi connectivity index (χ3n) is 6.41. The van der Waals surface area contributed by atoms with Crippen LogP contribution in [-0.2, 0) is 23.8 Å². The Bertz CT molecular complexity index is 743. The Morgan fingerprint density at radius 2 is 2.15 bits per heavy atom. The van der Waals surface area contributed by atoms with Gasteiger partial charge in [-0.3, -0.25) is 0 Å². The lowest BCUT2D eigenvalue weighted by atomic mass is 9.77. The number of fused-ring (bicyclic) bond motifs is 4. The molecule has 1 N–H and O–H groups in total. The molecule has 2 aliphatic carbocycles. The summed E-state index contributed by atoms with van der Waals surface area (Å²) in [6, 6.07) is 0. The van der Waals surface area contributed by atoms with Crippen LogP contribution in [0.4, 0.5) is 0 Å². The van der Waals surface area contributed by atoms with Crippen LogP contribution in [-0.4, -0.2) is 47.6 Å². The van der Waals surface area contributed by atoms with Crippen molar-refractivity contribution in [3.8, 4) is 0 Å². The zero-order valence-corrected chi connectivity index (χ0v) is 15.2. The Balaban J connectivity index is 1.74. The zero-order valence-electron chi connectivity index (χ0n) is 15.2. The topological polar surface area (TPSA) is 85.4 Å². The fourth-order valence-electron chi connectivity index (χ4n) is 4.89. The molecule has 2 heterocycles. The van der Waals surface area contributed by atoms with Crippen LogP contribution in [0.1, 0.15) is 27.2 Å². The summed E-state index contributed by atoms with van der Waals surface area (Å²) in [5.74, 6) is -1.67. The summed E-state index contributed by atoms with van der Waals surface area (Å²) in [5.41, 5.74) is 1.26. The Morgan fingerprint density at radius 1 is 1.46 bits per heavy atom. The number of hydrogen-bond acceptors (Lipinski definition) is 6. The molecule has 0 aromatic heterocycles. The highest BCUT2D eigenvalue weighted by molar-refractivity contribution is 5.91. The summed E-state index contributed by atoms with van der Waals surface area (Å²) in [7, 11) is 0. The van der Waals surface area contributed by atoms with Crippen LogP contribution in [0.25, 0.3) is 0 Å². The molecule has 4 rings (SSSR count). The maximum Gasteiger partial charge on any atom is 0.334 e. The van der Waals surface area contributed by atoms with E-state index in [1.54, 1.807) is 19.9 Å². The van der Waals surface area contributed by atoms with Gasteiger partial charge >= 0.3 is 11.9 Å². The first-order valence-corrected chi connectivity index (χ1v) is 9.03. The van der Waals surface area contributed by atoms with Gasteiger partial charge < -0.3 is 19.3 Å². The van der Waals surface area contributed by atoms with Crippen molar-refractivity contribution >= 4 is 11.9 Å². The highest BCUT2D eigenvalue weighted by Crippen LogP contribution is 2.58. The number of carbonyl (C=O) groups is 2. The van der Waals surface area contributed by atoms with E-state index >= 15 is 0 Å². The monoisotopic (exact) mass is 360 g/mol. The first-order chi connectivity index (χ1) is 12.3. The molecule has 3 fully saturated rings. The van der Waals surface area contributed by atoms with Crippen molar-refractivity contribution in [2.75, 3.05) is 6.61 Å². The molecule has 6 heteroatoms. The standard InChI is InChI=1S/C20H24O6/c1-5-9(2)18(22)25-13-7-20(8-24-20)16-12(21)6-10(3)14(16)17-15(13)11(4)19(23)26-17/h5-6,12-17,21H,4,7-8H2,1-3H3/b9-5+/t12-,13+,14+,15-,16-,17-,20-/m1/s1. The molecule has 4 aliphatic rings. The molecule has 6 nitrogen and oxygen atoms in total. The number of esters is 2. The van der Waals surface area contributed by atoms with Gasteiger partial charge in [0.2, 0.25) is 0 Å². The second kappa shape index (κ2) is 5.79. The molecule has 0 aromatic carbocycles. The molecule has 1 saturated carbocycles. The highest BCUT2D eigenvalue weighted by Gasteiger charge is 2.67. The molecular formula is C20H24O6. The number of hydrogen-bond donors (Lipinski definition) is 1. The van der Waals surface area contributed by atoms with Gasteiger partial charge in [-0.05, 0) is 20.8 Å². The molecular weight excluding hydrogens is 336 g/mol. The largest absolute Gasteiger partial charge is 0.458 e. The van der Waals surface area contributed by atoms with Crippen molar-refractivity contribution in [3.05, 3.63) is 35.5 Å². The van der Waals surface area contributed by atoms with E-state index in [-0.39, 0.29) is 11.8 Å². The number of aliphatic hydroxyl groups is 1. The first-order valence-electron chi connectivity index (χ1n) is 9.03. The van der Waals surface area contributed by atoms with Crippen LogP contribution in [0.3, 0.4) is 0 Å². The van der Waals surface area contributed by atoms with Crippen LogP contribution >= 0.6 is 0 Å². The van der Waals surface area contributed by atoms with Gasteiger partial charge in [0.25, 0.3) is 0 Å². The number of ether oxygens (including phenoxy) is 3. The number of rotatable bonds is 2. The minimum absolute atomic E-state index is 0.160. The minimum atomic E-state index is -0.664. The van der Waals surface area contributed by atoms with E-state index in [0.717, 1.165) is 5.57 Å². The average Bonchev–Trinajstić information content (AvgIpc) is 3.23. The van der Waals surface area contributed by atoms with Gasteiger partial charge in [0.1, 0.15) is 17.8 Å². The Kier molecular flexibility index (Phi) is 3.90. The minimum Gasteiger partial charge on any atom is -0.458 e. The van der Waals surface area contributed by atoms with E-state index in [4.69, 9.17) is 14.2 Å². The molecule has 1 spiro atoms. The molecule has 0 aromatic rings. The maximum atomic E-state index is 12.4. The van der Waals surface area contributed by atoms with Crippen LogP contribution in [0.5, 0.6) is 0 Å². The highest BCUT2D eigenvalue weighted by atomic mass is 16.6. The van der Waals surface area contributed by atoms with E-state index in [1.165, 1.54) is 0 Å². The molecule has 26 heavy (non-hydrogen) atoms. The van der Waals surface area contributed by atoms with Crippen molar-refractivity contribution in [3.63, 3.8) is 0 Å². The van der Waals surface area contributed by atoms with Gasteiger partial charge in [-0.25, -0.2) is 9.59 Å². The van der Waals surface area contributed by atoms with Crippen LogP contribution in [0.15, 0.2) is 35.5 Å². The lowest BCUT2D eigenvalue weighted by Crippen LogP contribution is -2.39. The van der Waals surface area contributed by atoms with Gasteiger partial charge in [-0.15, -0.1) is 0 Å². The summed E-state index contributed by atoms with van der Waals surface area (Å²) in [6.07, 6.45) is 2.20. The van der Waals surface area contributed by atoms with E-state index in [1.807, 2.05) is 13.0 Å². The van der Waals surface area contributed by atoms with Crippen molar-refractivity contribution < 1.29 is 28.9 Å². The SMILES string of the molecule is C=C1C(=O)O[C@@H]2[C@H]3C(C)=C[C@@H](O)[C@H]3[C@]3(CO3)C[C@H](OC(=O)/C(C)=C/C)[C@@H]12. The Morgan fingerprint density at radius 3 is 2.77 bits per heavy atom. The predicted molar refractivity (Wildman–Crippen MR) is 91.9 cm³/mol. The van der Waals surface area contributed by atoms with E-state index < -0.39 is 41.8 Å². The molecule has 140 valence electrons. The molecule has 0 radical (unpaired) electrons. The molecule has 2 saturated heterocycles. The van der Waals surface area contributed by atoms with Crippen molar-refractivity contribution in [2.24, 2.45) is 17.8 Å². The van der Waals surface area contributed by atoms with Crippen LogP contribution in [0.2, 0.25) is 0 Å². The fraction of sp³-hybridized carbons (Fsp3) is 0.600. The molecule has 0 bridgehead atoms. The van der Waals surface area contributed by atoms with E-state index in [0.29, 0.717) is 24.2 Å². The van der Waals surface area contributed by atoms with Gasteiger partial charge in [0, 0.05) is 29.4 Å². The second-order valence-electron chi connectivity index (χ2n) is 7.85. The van der Waals surface area contributed by atoms with Gasteiger partial charge in [-0.2, -0.15) is 0 Å². The molecule has 0 amide bonds. The number of allylic oxidation sites excluding steroid dienone is 1. The molecule has 2 aliphatic heterocycles. The van der Waals surface area contributed by atoms with Gasteiger partial charge in [0.05, 0.1) is 18.6 Å². The predicted octanol–water partition coefficient (Wildman–Crippen LogP) is 1.69. The second-order valence-corrected chi connectivity index (χ2v) is 7.85. The van der Waals surface area contributed by atoms with Crippen molar-refractivity contribution in [2.45, 2.75) is 51.1 Å². The molecule has 7 atom stereocenters. The molecule has 0 unspecified atom stereocenters. The van der Waals surface area contributed by atoms with E-state index in [9.17, 15) is 14.7 Å². The Hall–Kier alpha value is -1.92. The van der Waals surface area contributed by atoms with Crippen LogP contribution in [0, 0.1) is 17.8 Å². The van der Waals surface area contributed by atoms with Gasteiger partial charge in [-0.1, -0.05) is 24.3 Å². The zero-order chi connectivity index (χ0) is 18.8. The lowest BCUT2D eigenvalue weighted by molar-refractivity contribution is -0.148. The number of carbonyl (C=O) groups excluding carboxylic acids is 2. The van der Waals surface area contributed by atoms with Gasteiger partial charge in [0.15, 0.2) is 0 Å². The third kappa shape index (κ3) is 2.39. The quantitative estimate of drug-likeness (QED) is 0.349. The Labute approximate surface area is 152 Å². The fourth-order valence-corrected chi connectivity index (χ4v) is 4.89. The number of epoxide rings is 1. The summed E-state index contributed by atoms with van der Waals surface area (Å²) in [6.45, 7) is 9.81. The normalized spacial score (nSPS) is 44.2. The summed E-state index contributed by atoms with van der Waals surface area (Å²) < 4.78 is 17.3. The first kappa shape index (κ1) is 17.5. The summed E-state index contributed by atoms with van der Waals surface area (Å²) in [5, 5.41) is 10.6. The number of aliphatic hydroxyl groups excluding tert-OH is 1.